The number of unbranched alkanes of at least 4 members (excludes halogenated alkanes) is 2. The van der Waals surface area contributed by atoms with E-state index in [1.807, 2.05) is 18.2 Å². The summed E-state index contributed by atoms with van der Waals surface area (Å²) in [6.45, 7) is 3.25. The van der Waals surface area contributed by atoms with Gasteiger partial charge in [-0.3, -0.25) is 14.7 Å². The third kappa shape index (κ3) is 7.41. The number of nitrogens with zero attached hydrogens (tertiary/aromatic N) is 1. The molecule has 2 aromatic carbocycles. The molecule has 47 heavy (non-hydrogen) atoms. The van der Waals surface area contributed by atoms with Crippen LogP contribution in [-0.4, -0.2) is 41.6 Å². The summed E-state index contributed by atoms with van der Waals surface area (Å²) in [5.74, 6) is 0.562. The lowest BCUT2D eigenvalue weighted by atomic mass is 9.68. The van der Waals surface area contributed by atoms with Crippen molar-refractivity contribution >= 4 is 12.0 Å². The summed E-state index contributed by atoms with van der Waals surface area (Å²) >= 11 is 0. The van der Waals surface area contributed by atoms with Crippen molar-refractivity contribution in [2.75, 3.05) is 13.3 Å². The number of aliphatic hydroxyl groups excluding tert-OH is 1. The highest BCUT2D eigenvalue weighted by atomic mass is 16.5. The first-order chi connectivity index (χ1) is 22.7. The smallest absolute Gasteiger partial charge is 0.227 e. The molecule has 2 aliphatic carbocycles. The van der Waals surface area contributed by atoms with E-state index in [2.05, 4.69) is 37.5 Å². The Morgan fingerprint density at radius 1 is 1.09 bits per heavy atom. The van der Waals surface area contributed by atoms with Crippen LogP contribution in [0.15, 0.2) is 70.5 Å². The van der Waals surface area contributed by atoms with E-state index in [0.29, 0.717) is 37.2 Å². The fourth-order valence-corrected chi connectivity index (χ4v) is 8.62. The second kappa shape index (κ2) is 14.4. The minimum Gasteiger partial charge on any atom is -0.504 e. The van der Waals surface area contributed by atoms with Crippen LogP contribution in [0.2, 0.25) is 0 Å². The molecule has 6 rings (SSSR count). The molecule has 0 aromatic heterocycles. The van der Waals surface area contributed by atoms with Gasteiger partial charge in [0.15, 0.2) is 11.5 Å². The zero-order chi connectivity index (χ0) is 33.0. The average molecular weight is 642 g/mol. The highest BCUT2D eigenvalue weighted by molar-refractivity contribution is 5.90. The topological polar surface area (TPSA) is 136 Å². The van der Waals surface area contributed by atoms with Crippen molar-refractivity contribution < 1.29 is 24.6 Å². The molecule has 2 aromatic rings. The van der Waals surface area contributed by atoms with Gasteiger partial charge in [0.1, 0.15) is 24.2 Å². The molecule has 8 heteroatoms. The number of nitrogens with two attached hydrogens (primary N) is 2. The number of aryl methyl sites for hydroxylation is 1. The third-order valence-corrected chi connectivity index (χ3v) is 11.2. The second-order valence-corrected chi connectivity index (χ2v) is 14.6. The Labute approximate surface area is 279 Å². The number of ketones is 1. The van der Waals surface area contributed by atoms with Crippen LogP contribution in [0.5, 0.6) is 11.5 Å². The maximum Gasteiger partial charge on any atom is 0.227 e. The molecule has 3 unspecified atom stereocenters. The summed E-state index contributed by atoms with van der Waals surface area (Å²) in [5.41, 5.74) is 19.4. The molecule has 0 saturated heterocycles. The number of allylic oxidation sites excluding steroid dienone is 1. The van der Waals surface area contributed by atoms with Crippen molar-refractivity contribution in [2.24, 2.45) is 21.9 Å². The van der Waals surface area contributed by atoms with Gasteiger partial charge in [-0.25, -0.2) is 0 Å². The normalized spacial score (nSPS) is 23.6. The number of aliphatic imine (C=N–C) groups is 1. The molecule has 2 fully saturated rings. The zero-order valence-corrected chi connectivity index (χ0v) is 28.0. The number of ether oxygens (including phenoxy) is 1. The van der Waals surface area contributed by atoms with Gasteiger partial charge in [0.2, 0.25) is 6.73 Å². The number of hydrogen-bond acceptors (Lipinski definition) is 7. The summed E-state index contributed by atoms with van der Waals surface area (Å²) in [6.07, 6.45) is 16.8. The lowest BCUT2D eigenvalue weighted by Gasteiger charge is -2.34. The van der Waals surface area contributed by atoms with Gasteiger partial charge in [-0.05, 0) is 84.8 Å². The van der Waals surface area contributed by atoms with Gasteiger partial charge in [-0.15, -0.1) is 0 Å². The highest BCUT2D eigenvalue weighted by Crippen LogP contribution is 2.61. The van der Waals surface area contributed by atoms with Crippen LogP contribution in [0.4, 0.5) is 0 Å². The number of quaternary nitrogens is 1. The first-order valence-electron chi connectivity index (χ1n) is 17.8. The summed E-state index contributed by atoms with van der Waals surface area (Å²) in [4.78, 5) is 18.5. The molecule has 3 atom stereocenters. The van der Waals surface area contributed by atoms with E-state index < -0.39 is 12.3 Å². The Hall–Kier alpha value is -3.30. The summed E-state index contributed by atoms with van der Waals surface area (Å²) in [5, 5.41) is 20.8. The predicted octanol–water partition coefficient (Wildman–Crippen LogP) is 5.28. The van der Waals surface area contributed by atoms with E-state index in [1.165, 1.54) is 48.8 Å². The summed E-state index contributed by atoms with van der Waals surface area (Å²) < 4.78 is 6.18. The van der Waals surface area contributed by atoms with Crippen molar-refractivity contribution in [3.63, 3.8) is 0 Å². The molecule has 0 bridgehead atoms. The average Bonchev–Trinajstić information content (AvgIpc) is 3.86. The van der Waals surface area contributed by atoms with E-state index in [-0.39, 0.29) is 23.4 Å². The lowest BCUT2D eigenvalue weighted by molar-refractivity contribution is -0.855. The highest BCUT2D eigenvalue weighted by Gasteiger charge is 2.53. The van der Waals surface area contributed by atoms with Crippen LogP contribution in [0, 0.1) is 5.41 Å². The number of aromatic hydroxyl groups is 1. The van der Waals surface area contributed by atoms with Crippen LogP contribution >= 0.6 is 0 Å². The Bertz CT molecular complexity index is 1540. The monoisotopic (exact) mass is 641 g/mol. The molecule has 7 N–H and O–H groups in total. The lowest BCUT2D eigenvalue weighted by Crippen LogP contribution is -3.07. The van der Waals surface area contributed by atoms with Crippen LogP contribution < -0.4 is 21.1 Å². The quantitative estimate of drug-likeness (QED) is 0.133. The predicted molar refractivity (Wildman–Crippen MR) is 185 cm³/mol. The number of benzene rings is 2. The van der Waals surface area contributed by atoms with Gasteiger partial charge >= 0.3 is 0 Å². The molecule has 1 spiro atoms. The maximum atomic E-state index is 12.5. The number of carbonyl (C=O) groups is 1. The molecule has 2 heterocycles. The molecule has 252 valence electrons. The van der Waals surface area contributed by atoms with E-state index in [4.69, 9.17) is 21.2 Å². The number of phenolic OH excluding ortho intramolecular Hbond substituents is 1. The summed E-state index contributed by atoms with van der Waals surface area (Å²) in [6, 6.07) is 13.9. The Balaban J connectivity index is 1.13. The van der Waals surface area contributed by atoms with Gasteiger partial charge in [-0.1, -0.05) is 69.4 Å². The van der Waals surface area contributed by atoms with Crippen molar-refractivity contribution in [1.29, 1.82) is 0 Å². The number of rotatable bonds is 15. The number of aliphatic hydroxyl groups is 1. The van der Waals surface area contributed by atoms with Gasteiger partial charge < -0.3 is 26.4 Å². The van der Waals surface area contributed by atoms with Crippen molar-refractivity contribution in [2.45, 2.75) is 114 Å². The van der Waals surface area contributed by atoms with E-state index in [1.54, 1.807) is 6.07 Å². The van der Waals surface area contributed by atoms with Gasteiger partial charge in [0, 0.05) is 30.0 Å². The molecular formula is C39H53N4O4+. The van der Waals surface area contributed by atoms with Crippen molar-refractivity contribution in [1.82, 2.24) is 0 Å². The molecular weight excluding hydrogens is 588 g/mol. The van der Waals surface area contributed by atoms with E-state index >= 15 is 0 Å². The van der Waals surface area contributed by atoms with Gasteiger partial charge in [-0.2, -0.15) is 0 Å². The summed E-state index contributed by atoms with van der Waals surface area (Å²) in [7, 11) is 0. The van der Waals surface area contributed by atoms with Crippen LogP contribution in [-0.2, 0) is 16.6 Å². The standard InChI is InChI=1S/C39H52N4O4/c1-2-3-4-10-30(44)21-31(45)13-11-27-12-14-35(46)36(19-27)47-26-43-23-32-33(22-42-34(32)24-43)39(18-17-38(25-39)15-5-6-16-38)29-9-7-8-28(20-29)37(40)41/h7-9,12,14,19-20,22,24,30,37,44,46H,2-6,10-11,13,15-18,21,23,25-26,40-41H2,1H3/p+1. The molecule has 0 radical (unpaired) electrons. The Morgan fingerprint density at radius 3 is 2.70 bits per heavy atom. The SMILES string of the molecule is CCCCCC(O)CC(=O)CCc1ccc(O)c(OC[NH+]2C=C3N=CC(C4(c5cccc(C(N)N)c5)CCC5(CCCC5)C4)=C3C2)c1. The van der Waals surface area contributed by atoms with Crippen LogP contribution in [0.25, 0.3) is 0 Å². The number of fused-ring (bicyclic) bond motifs is 1. The molecule has 4 aliphatic rings. The molecule has 2 saturated carbocycles. The van der Waals surface area contributed by atoms with Crippen molar-refractivity contribution in [3.8, 4) is 11.5 Å². The molecule has 8 nitrogen and oxygen atoms in total. The molecule has 2 aliphatic heterocycles. The Morgan fingerprint density at radius 2 is 1.91 bits per heavy atom. The van der Waals surface area contributed by atoms with Crippen LogP contribution in [0.1, 0.15) is 113 Å². The minimum absolute atomic E-state index is 0.0605. The minimum atomic E-state index is -0.563. The third-order valence-electron chi connectivity index (χ3n) is 11.2. The fraction of sp³-hybridized carbons (Fsp3) is 0.538. The first-order valence-corrected chi connectivity index (χ1v) is 17.8. The van der Waals surface area contributed by atoms with E-state index in [9.17, 15) is 15.0 Å². The number of carbonyl (C=O) groups excluding carboxylic acids is 1. The molecule has 0 amide bonds. The largest absolute Gasteiger partial charge is 0.504 e. The number of phenols is 1. The fourth-order valence-electron chi connectivity index (χ4n) is 8.62. The first kappa shape index (κ1) is 33.6. The second-order valence-electron chi connectivity index (χ2n) is 14.6. The maximum absolute atomic E-state index is 12.5. The van der Waals surface area contributed by atoms with Crippen LogP contribution in [0.3, 0.4) is 0 Å². The van der Waals surface area contributed by atoms with Gasteiger partial charge in [0.25, 0.3) is 0 Å². The Kier molecular flexibility index (Phi) is 10.3. The number of Topliss-reactive ketones (excluding diaryl/α,β-unsaturated/α-hetero) is 1. The van der Waals surface area contributed by atoms with Gasteiger partial charge in [0.05, 0.1) is 12.3 Å². The number of hydrogen-bond donors (Lipinski definition) is 5. The van der Waals surface area contributed by atoms with Crippen molar-refractivity contribution in [3.05, 3.63) is 82.2 Å². The number of nitrogens with one attached hydrogen (secondary N) is 1. The van der Waals surface area contributed by atoms with E-state index in [0.717, 1.165) is 60.4 Å². The zero-order valence-electron chi connectivity index (χ0n) is 28.0.